The zero-order chi connectivity index (χ0) is 10.6. The average Bonchev–Trinajstić information content (AvgIpc) is 2.15. The fourth-order valence-electron chi connectivity index (χ4n) is 1.15. The van der Waals surface area contributed by atoms with E-state index < -0.39 is 0 Å². The van der Waals surface area contributed by atoms with E-state index in [2.05, 4.69) is 50.7 Å². The Kier molecular flexibility index (Phi) is 4.88. The van der Waals surface area contributed by atoms with E-state index in [4.69, 9.17) is 5.73 Å². The van der Waals surface area contributed by atoms with Crippen LogP contribution in [0.25, 0.3) is 0 Å². The molecule has 76 valence electrons. The Balaban J connectivity index is 2.65. The molecule has 0 aliphatic rings. The van der Waals surface area contributed by atoms with Crippen LogP contribution in [-0.4, -0.2) is 5.91 Å². The maximum absolute atomic E-state index is 10.6. The van der Waals surface area contributed by atoms with Gasteiger partial charge in [0.1, 0.15) is 0 Å². The Morgan fingerprint density at radius 1 is 1.50 bits per heavy atom. The van der Waals surface area contributed by atoms with Crippen molar-refractivity contribution in [2.75, 3.05) is 0 Å². The third-order valence-electron chi connectivity index (χ3n) is 1.89. The SMILES string of the molecule is NC(=O)CCC(Br)c1ccccc1I. The summed E-state index contributed by atoms with van der Waals surface area (Å²) in [7, 11) is 0. The molecule has 0 spiro atoms. The van der Waals surface area contributed by atoms with Gasteiger partial charge in [-0.25, -0.2) is 0 Å². The summed E-state index contributed by atoms with van der Waals surface area (Å²) in [6, 6.07) is 8.10. The first-order chi connectivity index (χ1) is 6.61. The highest BCUT2D eigenvalue weighted by Gasteiger charge is 2.11. The maximum Gasteiger partial charge on any atom is 0.217 e. The van der Waals surface area contributed by atoms with Gasteiger partial charge in [-0.3, -0.25) is 4.79 Å². The maximum atomic E-state index is 10.6. The highest BCUT2D eigenvalue weighted by atomic mass is 127. The lowest BCUT2D eigenvalue weighted by Gasteiger charge is -2.10. The van der Waals surface area contributed by atoms with E-state index in [-0.39, 0.29) is 10.7 Å². The van der Waals surface area contributed by atoms with Gasteiger partial charge in [-0.15, -0.1) is 0 Å². The summed E-state index contributed by atoms with van der Waals surface area (Å²) < 4.78 is 1.21. The fourth-order valence-corrected chi connectivity index (χ4v) is 2.97. The first-order valence-corrected chi connectivity index (χ1v) is 6.27. The Bertz CT molecular complexity index is 330. The molecule has 1 aromatic rings. The van der Waals surface area contributed by atoms with Gasteiger partial charge in [0.05, 0.1) is 0 Å². The van der Waals surface area contributed by atoms with E-state index in [0.29, 0.717) is 6.42 Å². The van der Waals surface area contributed by atoms with Crippen LogP contribution in [0.1, 0.15) is 23.2 Å². The minimum Gasteiger partial charge on any atom is -0.370 e. The van der Waals surface area contributed by atoms with Crippen LogP contribution in [0.4, 0.5) is 0 Å². The number of primary amides is 1. The van der Waals surface area contributed by atoms with E-state index in [1.165, 1.54) is 9.13 Å². The van der Waals surface area contributed by atoms with Gasteiger partial charge in [0.15, 0.2) is 0 Å². The van der Waals surface area contributed by atoms with Crippen molar-refractivity contribution in [1.82, 2.24) is 0 Å². The second kappa shape index (κ2) is 5.70. The number of carbonyl (C=O) groups is 1. The quantitative estimate of drug-likeness (QED) is 0.645. The van der Waals surface area contributed by atoms with Crippen molar-refractivity contribution in [3.63, 3.8) is 0 Å². The Morgan fingerprint density at radius 2 is 2.14 bits per heavy atom. The Labute approximate surface area is 106 Å². The number of benzene rings is 1. The van der Waals surface area contributed by atoms with E-state index >= 15 is 0 Å². The molecule has 4 heteroatoms. The number of amides is 1. The molecule has 0 aromatic heterocycles. The van der Waals surface area contributed by atoms with Gasteiger partial charge < -0.3 is 5.73 Å². The number of hydrogen-bond acceptors (Lipinski definition) is 1. The van der Waals surface area contributed by atoms with Crippen molar-refractivity contribution >= 4 is 44.4 Å². The lowest BCUT2D eigenvalue weighted by atomic mass is 10.1. The molecule has 0 saturated carbocycles. The van der Waals surface area contributed by atoms with Crippen molar-refractivity contribution in [3.05, 3.63) is 33.4 Å². The molecule has 0 radical (unpaired) electrons. The largest absolute Gasteiger partial charge is 0.370 e. The van der Waals surface area contributed by atoms with Gasteiger partial charge in [-0.05, 0) is 40.6 Å². The lowest BCUT2D eigenvalue weighted by Crippen LogP contribution is -2.11. The van der Waals surface area contributed by atoms with Crippen molar-refractivity contribution < 1.29 is 4.79 Å². The van der Waals surface area contributed by atoms with Crippen molar-refractivity contribution in [2.45, 2.75) is 17.7 Å². The molecule has 1 unspecified atom stereocenters. The Morgan fingerprint density at radius 3 is 2.71 bits per heavy atom. The number of hydrogen-bond donors (Lipinski definition) is 1. The first kappa shape index (κ1) is 12.0. The molecule has 14 heavy (non-hydrogen) atoms. The summed E-state index contributed by atoms with van der Waals surface area (Å²) >= 11 is 5.84. The molecule has 0 fully saturated rings. The van der Waals surface area contributed by atoms with Crippen LogP contribution in [-0.2, 0) is 4.79 Å². The third kappa shape index (κ3) is 3.57. The molecular weight excluding hydrogens is 357 g/mol. The van der Waals surface area contributed by atoms with Gasteiger partial charge in [-0.2, -0.15) is 0 Å². The standard InChI is InChI=1S/C10H11BrINO/c11-8(5-6-10(13)14)7-3-1-2-4-9(7)12/h1-4,8H,5-6H2,(H2,13,14). The molecule has 0 saturated heterocycles. The predicted molar refractivity (Wildman–Crippen MR) is 69.3 cm³/mol. The highest BCUT2D eigenvalue weighted by molar-refractivity contribution is 14.1. The summed E-state index contributed by atoms with van der Waals surface area (Å²) in [5.41, 5.74) is 6.31. The molecular formula is C10H11BrINO. The zero-order valence-electron chi connectivity index (χ0n) is 7.54. The topological polar surface area (TPSA) is 43.1 Å². The summed E-state index contributed by atoms with van der Waals surface area (Å²) in [6.45, 7) is 0. The van der Waals surface area contributed by atoms with Crippen molar-refractivity contribution in [1.29, 1.82) is 0 Å². The average molecular weight is 368 g/mol. The van der Waals surface area contributed by atoms with Gasteiger partial charge in [-0.1, -0.05) is 34.1 Å². The summed E-state index contributed by atoms with van der Waals surface area (Å²) in [6.07, 6.45) is 1.16. The number of rotatable bonds is 4. The molecule has 1 rings (SSSR count). The van der Waals surface area contributed by atoms with Crippen LogP contribution < -0.4 is 5.73 Å². The van der Waals surface area contributed by atoms with Crippen molar-refractivity contribution in [3.8, 4) is 0 Å². The van der Waals surface area contributed by atoms with Crippen LogP contribution in [0.5, 0.6) is 0 Å². The highest BCUT2D eigenvalue weighted by Crippen LogP contribution is 2.30. The molecule has 1 amide bonds. The Hall–Kier alpha value is -0.100. The van der Waals surface area contributed by atoms with Crippen molar-refractivity contribution in [2.24, 2.45) is 5.73 Å². The van der Waals surface area contributed by atoms with Gasteiger partial charge >= 0.3 is 0 Å². The second-order valence-corrected chi connectivity index (χ2v) is 5.26. The number of alkyl halides is 1. The van der Waals surface area contributed by atoms with E-state index in [0.717, 1.165) is 6.42 Å². The lowest BCUT2D eigenvalue weighted by molar-refractivity contribution is -0.118. The molecule has 1 atom stereocenters. The molecule has 2 nitrogen and oxygen atoms in total. The molecule has 0 aliphatic heterocycles. The number of nitrogens with two attached hydrogens (primary N) is 1. The second-order valence-electron chi connectivity index (χ2n) is 2.99. The van der Waals surface area contributed by atoms with Gasteiger partial charge in [0.2, 0.25) is 5.91 Å². The first-order valence-electron chi connectivity index (χ1n) is 4.28. The minimum absolute atomic E-state index is 0.211. The molecule has 0 heterocycles. The van der Waals surface area contributed by atoms with Crippen LogP contribution in [0, 0.1) is 3.57 Å². The van der Waals surface area contributed by atoms with Crippen LogP contribution >= 0.6 is 38.5 Å². The third-order valence-corrected chi connectivity index (χ3v) is 3.82. The zero-order valence-corrected chi connectivity index (χ0v) is 11.3. The molecule has 0 bridgehead atoms. The minimum atomic E-state index is -0.250. The van der Waals surface area contributed by atoms with E-state index in [1.54, 1.807) is 0 Å². The summed E-state index contributed by atoms with van der Waals surface area (Å²) in [5.74, 6) is -0.250. The fraction of sp³-hybridized carbons (Fsp3) is 0.300. The summed E-state index contributed by atoms with van der Waals surface area (Å²) in [4.78, 5) is 10.8. The van der Waals surface area contributed by atoms with Gasteiger partial charge in [0, 0.05) is 14.8 Å². The monoisotopic (exact) mass is 367 g/mol. The van der Waals surface area contributed by atoms with E-state index in [9.17, 15) is 4.79 Å². The normalized spacial score (nSPS) is 12.4. The summed E-state index contributed by atoms with van der Waals surface area (Å²) in [5, 5.41) is 0. The smallest absolute Gasteiger partial charge is 0.217 e. The van der Waals surface area contributed by atoms with Crippen LogP contribution in [0.3, 0.4) is 0 Å². The molecule has 1 aromatic carbocycles. The van der Waals surface area contributed by atoms with E-state index in [1.807, 2.05) is 12.1 Å². The van der Waals surface area contributed by atoms with Crippen LogP contribution in [0.15, 0.2) is 24.3 Å². The number of halogens is 2. The molecule has 0 aliphatic carbocycles. The molecule has 2 N–H and O–H groups in total. The number of carbonyl (C=O) groups excluding carboxylic acids is 1. The van der Waals surface area contributed by atoms with Crippen LogP contribution in [0.2, 0.25) is 0 Å². The predicted octanol–water partition coefficient (Wildman–Crippen LogP) is 2.99. The van der Waals surface area contributed by atoms with Gasteiger partial charge in [0.25, 0.3) is 0 Å².